The molecule has 0 aliphatic carbocycles. The van der Waals surface area contributed by atoms with Crippen LogP contribution in [0.15, 0.2) is 12.1 Å². The molecule has 112 heavy (non-hydrogen) atoms. The van der Waals surface area contributed by atoms with Gasteiger partial charge in [-0.15, -0.1) is 0 Å². The Morgan fingerprint density at radius 2 is 1.31 bits per heavy atom. The summed E-state index contributed by atoms with van der Waals surface area (Å²) in [7, 11) is 6.46. The van der Waals surface area contributed by atoms with Crippen molar-refractivity contribution in [2.45, 2.75) is 295 Å². The van der Waals surface area contributed by atoms with E-state index in [1.165, 1.54) is 69.3 Å². The van der Waals surface area contributed by atoms with Gasteiger partial charge in [0.1, 0.15) is 125 Å². The number of halogens is 2. The van der Waals surface area contributed by atoms with E-state index in [1.807, 2.05) is 0 Å². The predicted molar refractivity (Wildman–Crippen MR) is 365 cm³/mol. The Hall–Kier alpha value is -4.57. The molecule has 35 atom stereocenters. The fourth-order valence-electron chi connectivity index (χ4n) is 16.7. The van der Waals surface area contributed by atoms with Crippen LogP contribution in [-0.2, 0) is 118 Å². The summed E-state index contributed by atoms with van der Waals surface area (Å²) in [6.45, 7) is 12.5. The minimum Gasteiger partial charge on any atom is -0.762 e. The number of rotatable bonds is 23. The van der Waals surface area contributed by atoms with Crippen LogP contribution in [-0.4, -0.2) is 344 Å². The number of aromatic hydroxyl groups is 3. The van der Waals surface area contributed by atoms with Crippen LogP contribution in [0.4, 0.5) is 0 Å². The lowest BCUT2D eigenvalue weighted by Crippen LogP contribution is -2.68. The Labute approximate surface area is 651 Å². The van der Waals surface area contributed by atoms with Crippen molar-refractivity contribution in [2.24, 2.45) is 0 Å². The normalized spacial score (nSPS) is 44.9. The molecule has 10 N–H and O–H groups in total. The third kappa shape index (κ3) is 16.2. The van der Waals surface area contributed by atoms with Crippen molar-refractivity contribution in [1.82, 2.24) is 5.23 Å². The molecular formula is C70H98Cl2NO39-. The standard InChI is InChI=1S/C70H98Cl2NO39/c1-24-15-31(75)16-32(76)40(24)61(84)101-36-22-95-70(57(82)53(36)94-23-74)109-37-21-93-63(46(80)52(37)110-70)107-65-56(91-13)45(79)51(35(102-65)20-88-10)105-64-47(81)55(50(89-11)27(4)98-64)106-66-58(83)68(9)60(30(7)99-66)111-69(112-68)18-33(77)48(28(5)108-69)103-38-17-34(100-39-19-67(8,73(86)87)59(92-14)29(6)97-39)49(26(3)96-38)104-62(85)41-25(2)42(71)44(78)43(72)54(41)90-12/h15-16,23,26-30,33-39,45-53,55-60,63-66,75-83,86H,17-22H2,1-14H3/q-1. The van der Waals surface area contributed by atoms with Gasteiger partial charge in [0.2, 0.25) is 0 Å². The fourth-order valence-corrected chi connectivity index (χ4v) is 17.2. The molecule has 0 radical (unpaired) electrons. The summed E-state index contributed by atoms with van der Waals surface area (Å²) in [5, 5.41) is 126. The molecule has 10 aliphatic rings. The molecule has 0 amide bonds. The molecule has 12 rings (SSSR count). The second kappa shape index (κ2) is 34.4. The van der Waals surface area contributed by atoms with Crippen molar-refractivity contribution in [3.63, 3.8) is 0 Å². The van der Waals surface area contributed by atoms with Crippen molar-refractivity contribution in [1.29, 1.82) is 0 Å². The molecule has 0 aromatic heterocycles. The molecule has 10 fully saturated rings. The van der Waals surface area contributed by atoms with Gasteiger partial charge in [0.05, 0.1) is 80.5 Å². The first kappa shape index (κ1) is 86.8. The number of carbonyl (C=O) groups is 3. The van der Waals surface area contributed by atoms with Crippen LogP contribution in [0.3, 0.4) is 0 Å². The van der Waals surface area contributed by atoms with E-state index in [4.69, 9.17) is 142 Å². The zero-order valence-corrected chi connectivity index (χ0v) is 64.9. The molecule has 632 valence electrons. The van der Waals surface area contributed by atoms with E-state index < -0.39 is 256 Å². The summed E-state index contributed by atoms with van der Waals surface area (Å²) in [6, 6.07) is 2.11. The van der Waals surface area contributed by atoms with Crippen LogP contribution in [0.5, 0.6) is 23.0 Å². The number of hydroxylamine groups is 2. The highest BCUT2D eigenvalue weighted by molar-refractivity contribution is 6.39. The summed E-state index contributed by atoms with van der Waals surface area (Å²) in [5.74, 6) is -8.37. The van der Waals surface area contributed by atoms with Crippen molar-refractivity contribution in [2.75, 3.05) is 55.4 Å². The van der Waals surface area contributed by atoms with E-state index in [2.05, 4.69) is 0 Å². The van der Waals surface area contributed by atoms with Gasteiger partial charge in [0.25, 0.3) is 12.4 Å². The van der Waals surface area contributed by atoms with Gasteiger partial charge in [-0.3, -0.25) is 10.0 Å². The summed E-state index contributed by atoms with van der Waals surface area (Å²) in [5.41, 5.74) is -3.70. The zero-order valence-electron chi connectivity index (χ0n) is 63.4. The molecule has 10 saturated heterocycles. The maximum absolute atomic E-state index is 14.3. The molecule has 0 bridgehead atoms. The topological polar surface area (TPSA) is 511 Å². The number of esters is 2. The van der Waals surface area contributed by atoms with Gasteiger partial charge in [0.15, 0.2) is 73.7 Å². The summed E-state index contributed by atoms with van der Waals surface area (Å²) >= 11 is 12.8. The Morgan fingerprint density at radius 1 is 0.634 bits per heavy atom. The number of aryl methyl sites for hydroxylation is 1. The largest absolute Gasteiger partial charge is 0.762 e. The van der Waals surface area contributed by atoms with Crippen LogP contribution in [0.1, 0.15) is 99.6 Å². The SMILES string of the molecule is COCC1OC(OC2OCC3OC4(OCC(OC(=O)c5c(C)cc(O)cc5O)C(OC=O)C4O)OC3C2O)C(OC)C(O)C1OC1OC(C)C(OC)C(OC2OC(C)C3OC4(CC(O)C(OC5CC(OC6CC(C)(N([O-])O)C(OC)C(C)O6)C(OC(=O)c6c(C)c(Cl)c(O)c(Cl)c6OC)C(C)O5)C(C)O4)OC3(C)C2O)C1O. The number of fused-ring (bicyclic) bond motifs is 2. The molecule has 2 aromatic rings. The zero-order chi connectivity index (χ0) is 81.4. The molecule has 40 nitrogen and oxygen atoms in total. The Balaban J connectivity index is 0.684. The molecule has 2 spiro atoms. The molecule has 10 aliphatic heterocycles. The summed E-state index contributed by atoms with van der Waals surface area (Å²) in [4.78, 5) is 39.4. The number of aliphatic hydroxyl groups is 6. The average molecular weight is 1650 g/mol. The third-order valence-electron chi connectivity index (χ3n) is 22.2. The van der Waals surface area contributed by atoms with E-state index >= 15 is 0 Å². The van der Waals surface area contributed by atoms with E-state index in [9.17, 15) is 70.8 Å². The number of carbonyl (C=O) groups excluding carboxylic acids is 3. The lowest BCUT2D eigenvalue weighted by molar-refractivity contribution is -0.417. The molecule has 0 saturated carbocycles. The van der Waals surface area contributed by atoms with Gasteiger partial charge in [-0.2, -0.15) is 0 Å². The van der Waals surface area contributed by atoms with Gasteiger partial charge in [-0.05, 0) is 79.5 Å². The van der Waals surface area contributed by atoms with Crippen LogP contribution in [0.2, 0.25) is 10.0 Å². The minimum atomic E-state index is -2.46. The number of hydrogen-bond acceptors (Lipinski definition) is 40. The first-order valence-corrected chi connectivity index (χ1v) is 37.0. The quantitative estimate of drug-likeness (QED) is 0.0310. The lowest BCUT2D eigenvalue weighted by Gasteiger charge is -2.53. The lowest BCUT2D eigenvalue weighted by atomic mass is 9.85. The van der Waals surface area contributed by atoms with Crippen molar-refractivity contribution >= 4 is 41.6 Å². The van der Waals surface area contributed by atoms with E-state index in [0.29, 0.717) is 0 Å². The first-order chi connectivity index (χ1) is 52.9. The smallest absolute Gasteiger partial charge is 0.342 e. The number of aliphatic hydroxyl groups excluding tert-OH is 6. The van der Waals surface area contributed by atoms with Gasteiger partial charge < -0.3 is 175 Å². The highest BCUT2D eigenvalue weighted by Gasteiger charge is 2.70. The van der Waals surface area contributed by atoms with Gasteiger partial charge in [-0.25, -0.2) is 9.59 Å². The van der Waals surface area contributed by atoms with Crippen LogP contribution >= 0.6 is 23.2 Å². The van der Waals surface area contributed by atoms with Crippen molar-refractivity contribution in [3.05, 3.63) is 49.6 Å². The number of ether oxygens (including phenoxy) is 25. The maximum Gasteiger partial charge on any atom is 0.342 e. The second-order valence-corrected chi connectivity index (χ2v) is 30.5. The summed E-state index contributed by atoms with van der Waals surface area (Å²) in [6.07, 6.45) is -43.8. The average Bonchev–Trinajstić information content (AvgIpc) is 1.56. The Bertz CT molecular complexity index is 3590. The van der Waals surface area contributed by atoms with Gasteiger partial charge in [0, 0.05) is 47.3 Å². The van der Waals surface area contributed by atoms with Crippen LogP contribution in [0, 0.1) is 19.1 Å². The molecular weight excluding hydrogens is 1550 g/mol. The predicted octanol–water partition coefficient (Wildman–Crippen LogP) is 0.335. The maximum atomic E-state index is 14.3. The highest BCUT2D eigenvalue weighted by Crippen LogP contribution is 2.53. The fraction of sp³-hybridized carbons (Fsp3) is 0.786. The number of methoxy groups -OCH3 is 5. The van der Waals surface area contributed by atoms with Crippen molar-refractivity contribution in [3.8, 4) is 23.0 Å². The molecule has 35 unspecified atom stereocenters. The Kier molecular flexibility index (Phi) is 26.7. The second-order valence-electron chi connectivity index (χ2n) is 29.7. The number of phenolic OH excluding ortho intramolecular Hbond substituents is 3. The Morgan fingerprint density at radius 3 is 1.96 bits per heavy atom. The van der Waals surface area contributed by atoms with E-state index in [1.54, 1.807) is 34.6 Å². The van der Waals surface area contributed by atoms with E-state index in [-0.39, 0.29) is 74.9 Å². The van der Waals surface area contributed by atoms with Crippen molar-refractivity contribution < 1.29 is 184 Å². The molecule has 2 aromatic carbocycles. The number of phenols is 3. The molecule has 10 heterocycles. The first-order valence-electron chi connectivity index (χ1n) is 36.3. The monoisotopic (exact) mass is 1650 g/mol. The van der Waals surface area contributed by atoms with Crippen LogP contribution < -0.4 is 4.74 Å². The minimum absolute atomic E-state index is 0.0210. The third-order valence-corrected chi connectivity index (χ3v) is 23.1. The number of hydrogen-bond donors (Lipinski definition) is 10. The van der Waals surface area contributed by atoms with Gasteiger partial charge >= 0.3 is 17.9 Å². The van der Waals surface area contributed by atoms with Gasteiger partial charge in [-0.1, -0.05) is 23.2 Å². The van der Waals surface area contributed by atoms with E-state index in [0.717, 1.165) is 6.07 Å². The number of nitrogens with zero attached hydrogens (tertiary/aromatic N) is 1. The summed E-state index contributed by atoms with van der Waals surface area (Å²) < 4.78 is 152. The van der Waals surface area contributed by atoms with Crippen LogP contribution in [0.25, 0.3) is 0 Å². The molecule has 42 heteroatoms. The highest BCUT2D eigenvalue weighted by atomic mass is 35.5. The number of benzene rings is 2.